The minimum absolute atomic E-state index is 0. The first-order chi connectivity index (χ1) is 48.4. The third-order valence-electron chi connectivity index (χ3n) is 16.7. The molecule has 582 valence electrons. The van der Waals surface area contributed by atoms with Gasteiger partial charge in [-0.25, -0.2) is 0 Å². The van der Waals surface area contributed by atoms with Crippen LogP contribution in [0.2, 0.25) is 0 Å². The van der Waals surface area contributed by atoms with E-state index in [1.54, 1.807) is 24.3 Å². The molecule has 11 aliphatic rings. The van der Waals surface area contributed by atoms with Crippen molar-refractivity contribution in [2.75, 3.05) is 0 Å². The number of hydrogen-bond donors (Lipinski definition) is 4. The molecule has 35 heteroatoms. The van der Waals surface area contributed by atoms with Gasteiger partial charge >= 0.3 is 62.5 Å². The van der Waals surface area contributed by atoms with E-state index in [0.717, 1.165) is 47.9 Å². The van der Waals surface area contributed by atoms with Crippen LogP contribution in [0.4, 0.5) is 52.7 Å². The number of phenols is 4. The fourth-order valence-electron chi connectivity index (χ4n) is 12.9. The van der Waals surface area contributed by atoms with Crippen LogP contribution in [-0.4, -0.2) is 99.3 Å². The van der Waals surface area contributed by atoms with Crippen LogP contribution in [0.1, 0.15) is 197 Å². The van der Waals surface area contributed by atoms with E-state index in [-0.39, 0.29) is 47.5 Å². The normalized spacial score (nSPS) is 23.4. The Bertz CT molecular complexity index is 3960. The van der Waals surface area contributed by atoms with E-state index in [0.29, 0.717) is 89.9 Å². The van der Waals surface area contributed by atoms with Crippen molar-refractivity contribution in [2.45, 2.75) is 185 Å². The number of phenolic OH excluding ortho intramolecular Hbond substituents is 4. The van der Waals surface area contributed by atoms with Crippen LogP contribution in [0.5, 0.6) is 34.5 Å². The van der Waals surface area contributed by atoms with Crippen LogP contribution < -0.4 is 8.37 Å². The highest BCUT2D eigenvalue weighted by Crippen LogP contribution is 2.61. The van der Waals surface area contributed by atoms with Gasteiger partial charge in [0, 0.05) is 58.5 Å². The summed E-state index contributed by atoms with van der Waals surface area (Å²) in [7, 11) is -25.7. The fraction of sp³-hybridized carbons (Fsp3) is 0.478. The van der Waals surface area contributed by atoms with Gasteiger partial charge in [0.25, 0.3) is 0 Å². The summed E-state index contributed by atoms with van der Waals surface area (Å²) in [5.41, 5.74) is -20.1. The second-order valence-corrected chi connectivity index (χ2v) is 28.9. The van der Waals surface area contributed by atoms with Crippen molar-refractivity contribution in [1.29, 1.82) is 0 Å². The van der Waals surface area contributed by atoms with Crippen LogP contribution in [-0.2, 0) is 63.3 Å². The second-order valence-electron chi connectivity index (χ2n) is 22.5. The molecule has 104 heavy (non-hydrogen) atoms. The van der Waals surface area contributed by atoms with Crippen LogP contribution in [0.25, 0.3) is 0 Å². The molecule has 4 N–H and O–H groups in total. The molecular formula is C69H84F12O19S4. The van der Waals surface area contributed by atoms with Gasteiger partial charge in [-0.15, -0.1) is 3.63 Å². The summed E-state index contributed by atoms with van der Waals surface area (Å²) in [6.07, 6.45) is 32.6. The van der Waals surface area contributed by atoms with E-state index < -0.39 is 85.8 Å². The SMILES string of the molecule is C1=CCC=C1.CC.CC.CC.CC.CC.O=C1C=CC(=O)C2C3C=CC(C3)C12.O=C1C=CC(=O)C=C1.O=S(=O)(OS(=O)(=O)C(F)(F)F)C(F)(F)F.O=S(=O)(Oc1ccc(OS(=O)(=O)C(F)(F)F)c2c1C1CCC2C1)C(F)(F)F.Oc1ccc(O)c2c1C1C=CC2C1.Oc1ccc(O)c2c1C1CCC2C1.[HH]. The maximum atomic E-state index is 12.5. The molecule has 3 aromatic rings. The summed E-state index contributed by atoms with van der Waals surface area (Å²) >= 11 is 0. The molecule has 0 aliphatic heterocycles. The lowest BCUT2D eigenvalue weighted by atomic mass is 9.75. The number of rotatable bonds is 6. The van der Waals surface area contributed by atoms with Gasteiger partial charge in [0.1, 0.15) is 34.5 Å². The lowest BCUT2D eigenvalue weighted by Gasteiger charge is -2.26. The Kier molecular flexibility index (Phi) is 32.6. The predicted molar refractivity (Wildman–Crippen MR) is 363 cm³/mol. The molecule has 0 heterocycles. The molecule has 3 saturated carbocycles. The Morgan fingerprint density at radius 3 is 0.913 bits per heavy atom. The maximum absolute atomic E-state index is 12.5. The first-order valence-electron chi connectivity index (χ1n) is 32.9. The van der Waals surface area contributed by atoms with E-state index in [2.05, 4.69) is 57.0 Å². The summed E-state index contributed by atoms with van der Waals surface area (Å²) in [6, 6.07) is 7.67. The second kappa shape index (κ2) is 37.5. The predicted octanol–water partition coefficient (Wildman–Crippen LogP) is 17.2. The standard InChI is InChI=1S/C13H10F6O6S2.C11H12O2.2C11H10O2.C6H4O2.C5H6.C2F6O5S2.5C2H6.H2/c14-12(15,16)26(20,21)24-8-3-4-9(25-27(22,23)13(17,18)19)11-7-2-1-6(5-7)10(8)11;3*12-8-3-4-9(13)11-7-2-1-6(5-7)10(8)11;7-5-1-2-6(8)4-3-5;1-2-4-5-3-1;3-1(4,5)14(9,10)13-15(11,12)2(6,7)8;5*1-2;/h3-4,6-7H,1-2,5H2;3-4,6-7,12-13H,1-2,5H2;1-4,6-7,12-13H,5H2;1-4,6-7,10-11H,5H2;1-4H;1-4H,5H2;;5*1-2H3;1H. The highest BCUT2D eigenvalue weighted by molar-refractivity contribution is 8.00. The number of aromatic hydroxyl groups is 4. The Morgan fingerprint density at radius 2 is 0.644 bits per heavy atom. The van der Waals surface area contributed by atoms with E-state index in [4.69, 9.17) is 0 Å². The van der Waals surface area contributed by atoms with Gasteiger partial charge in [-0.05, 0) is 166 Å². The third-order valence-corrected chi connectivity index (χ3v) is 21.2. The third kappa shape index (κ3) is 21.5. The highest BCUT2D eigenvalue weighted by atomic mass is 32.3. The summed E-state index contributed by atoms with van der Waals surface area (Å²) in [6.45, 7) is 20.0. The van der Waals surface area contributed by atoms with Crippen LogP contribution in [0.3, 0.4) is 0 Å². The van der Waals surface area contributed by atoms with Gasteiger partial charge in [0.2, 0.25) is 0 Å². The summed E-state index contributed by atoms with van der Waals surface area (Å²) in [4.78, 5) is 43.6. The number of fused-ring (bicyclic) bond motifs is 20. The number of halogens is 12. The molecule has 0 radical (unpaired) electrons. The van der Waals surface area contributed by atoms with E-state index in [1.807, 2.05) is 72.9 Å². The average molecular weight is 1570 g/mol. The minimum Gasteiger partial charge on any atom is -0.508 e. The quantitative estimate of drug-likeness (QED) is 0.0445. The number of allylic oxidation sites excluding steroid dienone is 14. The molecule has 0 saturated heterocycles. The van der Waals surface area contributed by atoms with E-state index in [9.17, 15) is 126 Å². The van der Waals surface area contributed by atoms with Crippen molar-refractivity contribution in [3.8, 4) is 34.5 Å². The number of alkyl halides is 12. The molecule has 3 fully saturated rings. The highest BCUT2D eigenvalue weighted by Gasteiger charge is 2.58. The number of carbonyl (C=O) groups excluding carboxylic acids is 4. The molecule has 14 rings (SSSR count). The fourth-order valence-corrected chi connectivity index (χ4v) is 15.4. The number of benzene rings is 3. The first-order valence-corrected chi connectivity index (χ1v) is 38.6. The molecule has 0 amide bonds. The lowest BCUT2D eigenvalue weighted by molar-refractivity contribution is -0.129. The summed E-state index contributed by atoms with van der Waals surface area (Å²) in [5, 5.41) is 38.6. The lowest BCUT2D eigenvalue weighted by Crippen LogP contribution is -2.34. The van der Waals surface area contributed by atoms with Crippen LogP contribution >= 0.6 is 0 Å². The molecule has 10 unspecified atom stereocenters. The Balaban J connectivity index is 0.000000423. The monoisotopic (exact) mass is 1570 g/mol. The van der Waals surface area contributed by atoms with Crippen molar-refractivity contribution in [1.82, 2.24) is 0 Å². The van der Waals surface area contributed by atoms with Crippen molar-refractivity contribution >= 4 is 63.6 Å². The number of ketones is 4. The molecular weight excluding hydrogens is 1490 g/mol. The number of carbonyl (C=O) groups is 4. The van der Waals surface area contributed by atoms with Crippen LogP contribution in [0, 0.1) is 23.7 Å². The molecule has 11 aliphatic carbocycles. The van der Waals surface area contributed by atoms with Crippen LogP contribution in [0.15, 0.2) is 121 Å². The average Bonchev–Trinajstić information content (AvgIpc) is 1.62. The minimum atomic E-state index is -6.85. The van der Waals surface area contributed by atoms with Gasteiger partial charge in [0.05, 0.1) is 0 Å². The molecule has 19 nitrogen and oxygen atoms in total. The number of hydrogen-bond acceptors (Lipinski definition) is 19. The molecule has 10 atom stereocenters. The van der Waals surface area contributed by atoms with E-state index in [1.165, 1.54) is 49.3 Å². The summed E-state index contributed by atoms with van der Waals surface area (Å²) in [5.74, 6) is 1.43. The topological polar surface area (TPSA) is 313 Å². The molecule has 3 aromatic carbocycles. The Hall–Kier alpha value is -7.76. The van der Waals surface area contributed by atoms with Crippen molar-refractivity contribution in [3.05, 3.63) is 155 Å². The van der Waals surface area contributed by atoms with E-state index >= 15 is 0 Å². The van der Waals surface area contributed by atoms with Gasteiger partial charge in [-0.2, -0.15) is 86.4 Å². The largest absolute Gasteiger partial charge is 0.534 e. The molecule has 0 spiro atoms. The van der Waals surface area contributed by atoms with Gasteiger partial charge < -0.3 is 28.8 Å². The van der Waals surface area contributed by atoms with Gasteiger partial charge in [0.15, 0.2) is 23.1 Å². The smallest absolute Gasteiger partial charge is 0.508 e. The zero-order chi connectivity index (χ0) is 79.6. The van der Waals surface area contributed by atoms with Crippen molar-refractivity contribution in [2.24, 2.45) is 23.7 Å². The van der Waals surface area contributed by atoms with Crippen molar-refractivity contribution in [3.63, 3.8) is 0 Å². The van der Waals surface area contributed by atoms with Gasteiger partial charge in [-0.1, -0.05) is 118 Å². The summed E-state index contributed by atoms with van der Waals surface area (Å²) < 4.78 is 239. The zero-order valence-electron chi connectivity index (χ0n) is 57.8. The van der Waals surface area contributed by atoms with Gasteiger partial charge in [-0.3, -0.25) is 19.2 Å². The maximum Gasteiger partial charge on any atom is 0.534 e. The first kappa shape index (κ1) is 90.5. The zero-order valence-corrected chi connectivity index (χ0v) is 61.0. The van der Waals surface area contributed by atoms with Crippen molar-refractivity contribution < 1.29 is 139 Å². The Labute approximate surface area is 597 Å². The molecule has 8 bridgehead atoms. The Morgan fingerprint density at radius 1 is 0.365 bits per heavy atom. The molecule has 0 aromatic heterocycles.